The lowest BCUT2D eigenvalue weighted by molar-refractivity contribution is -0.117. The number of hydrogen-bond donors (Lipinski definition) is 0. The highest BCUT2D eigenvalue weighted by Crippen LogP contribution is 2.29. The summed E-state index contributed by atoms with van der Waals surface area (Å²) >= 11 is 1.28. The van der Waals surface area contributed by atoms with Crippen LogP contribution in [-0.4, -0.2) is 23.3 Å². The van der Waals surface area contributed by atoms with Crippen molar-refractivity contribution in [3.05, 3.63) is 29.8 Å². The molecule has 1 saturated heterocycles. The highest BCUT2D eigenvalue weighted by atomic mass is 32.2. The van der Waals surface area contributed by atoms with Crippen LogP contribution in [0.3, 0.4) is 0 Å². The zero-order chi connectivity index (χ0) is 16.3. The predicted molar refractivity (Wildman–Crippen MR) is 88.7 cm³/mol. The molecule has 1 aliphatic rings. The van der Waals surface area contributed by atoms with Crippen molar-refractivity contribution in [3.8, 4) is 6.07 Å². The fourth-order valence-electron chi connectivity index (χ4n) is 2.50. The molecule has 0 aromatic heterocycles. The van der Waals surface area contributed by atoms with Crippen molar-refractivity contribution in [2.75, 3.05) is 17.2 Å². The van der Waals surface area contributed by atoms with E-state index in [1.165, 1.54) is 11.8 Å². The van der Waals surface area contributed by atoms with Crippen LogP contribution in [0.15, 0.2) is 24.3 Å². The maximum atomic E-state index is 12.1. The topological polar surface area (TPSA) is 61.2 Å². The molecule has 5 heteroatoms. The van der Waals surface area contributed by atoms with Crippen LogP contribution in [0.5, 0.6) is 0 Å². The van der Waals surface area contributed by atoms with Gasteiger partial charge in [-0.15, -0.1) is 0 Å². The molecule has 2 rings (SSSR count). The van der Waals surface area contributed by atoms with Crippen molar-refractivity contribution in [3.63, 3.8) is 0 Å². The molecule has 1 atom stereocenters. The van der Waals surface area contributed by atoms with Crippen LogP contribution in [0, 0.1) is 17.2 Å². The molecular formula is C17H20N2O2S. The van der Waals surface area contributed by atoms with E-state index in [-0.39, 0.29) is 16.9 Å². The lowest BCUT2D eigenvalue weighted by atomic mass is 9.86. The minimum absolute atomic E-state index is 0.0917. The van der Waals surface area contributed by atoms with Gasteiger partial charge in [-0.3, -0.25) is 9.59 Å². The van der Waals surface area contributed by atoms with E-state index < -0.39 is 5.41 Å². The number of carbonyl (C=O) groups excluding carboxylic acids is 2. The van der Waals surface area contributed by atoms with Crippen LogP contribution in [0.25, 0.3) is 0 Å². The van der Waals surface area contributed by atoms with E-state index in [2.05, 4.69) is 6.07 Å². The molecule has 1 aromatic rings. The van der Waals surface area contributed by atoms with E-state index in [0.717, 1.165) is 11.3 Å². The van der Waals surface area contributed by atoms with Crippen molar-refractivity contribution in [1.29, 1.82) is 5.26 Å². The number of amides is 1. The average Bonchev–Trinajstić information content (AvgIpc) is 2.86. The quantitative estimate of drug-likeness (QED) is 0.856. The number of rotatable bonds is 4. The zero-order valence-electron chi connectivity index (χ0n) is 13.1. The second-order valence-electron chi connectivity index (χ2n) is 6.16. The second kappa shape index (κ2) is 6.53. The molecule has 1 amide bonds. The normalized spacial score (nSPS) is 18.4. The van der Waals surface area contributed by atoms with E-state index in [0.29, 0.717) is 18.7 Å². The fraction of sp³-hybridized carbons (Fsp3) is 0.471. The lowest BCUT2D eigenvalue weighted by Crippen LogP contribution is -2.25. The number of nitriles is 1. The summed E-state index contributed by atoms with van der Waals surface area (Å²) in [4.78, 5) is 25.0. The van der Waals surface area contributed by atoms with Crippen LogP contribution in [-0.2, 0) is 15.0 Å². The standard InChI is InChI=1S/C17H20N2O2S/c1-12(20)22-10-13-8-16(21)19(9-13)15-6-4-14(5-7-15)17(2,3)11-18/h4-7,13H,8-10H2,1-3H3. The molecule has 1 fully saturated rings. The van der Waals surface area contributed by atoms with E-state index in [1.807, 2.05) is 38.1 Å². The number of carbonyl (C=O) groups is 2. The number of anilines is 1. The van der Waals surface area contributed by atoms with Gasteiger partial charge in [-0.25, -0.2) is 0 Å². The highest BCUT2D eigenvalue weighted by Gasteiger charge is 2.31. The Labute approximate surface area is 135 Å². The molecule has 1 unspecified atom stereocenters. The number of thioether (sulfide) groups is 1. The Morgan fingerprint density at radius 1 is 1.41 bits per heavy atom. The summed E-state index contributed by atoms with van der Waals surface area (Å²) in [5, 5.41) is 9.26. The Bertz CT molecular complexity index is 617. The highest BCUT2D eigenvalue weighted by molar-refractivity contribution is 8.13. The van der Waals surface area contributed by atoms with Gasteiger partial charge in [0.2, 0.25) is 5.91 Å². The zero-order valence-corrected chi connectivity index (χ0v) is 13.9. The van der Waals surface area contributed by atoms with Gasteiger partial charge in [0, 0.05) is 31.3 Å². The van der Waals surface area contributed by atoms with Gasteiger partial charge in [-0.1, -0.05) is 23.9 Å². The first-order chi connectivity index (χ1) is 10.3. The molecule has 0 N–H and O–H groups in total. The van der Waals surface area contributed by atoms with Gasteiger partial charge in [0.05, 0.1) is 11.5 Å². The Balaban J connectivity index is 2.08. The van der Waals surface area contributed by atoms with Crippen LogP contribution in [0.4, 0.5) is 5.69 Å². The van der Waals surface area contributed by atoms with Gasteiger partial charge in [-0.2, -0.15) is 5.26 Å². The van der Waals surface area contributed by atoms with Crippen molar-refractivity contribution in [2.24, 2.45) is 5.92 Å². The van der Waals surface area contributed by atoms with E-state index in [4.69, 9.17) is 5.26 Å². The summed E-state index contributed by atoms with van der Waals surface area (Å²) in [5.41, 5.74) is 1.26. The first-order valence-corrected chi connectivity index (χ1v) is 8.27. The average molecular weight is 316 g/mol. The molecule has 0 saturated carbocycles. The summed E-state index contributed by atoms with van der Waals surface area (Å²) < 4.78 is 0. The van der Waals surface area contributed by atoms with Crippen LogP contribution in [0.2, 0.25) is 0 Å². The van der Waals surface area contributed by atoms with E-state index in [1.54, 1.807) is 11.8 Å². The van der Waals surface area contributed by atoms with Gasteiger partial charge in [0.1, 0.15) is 0 Å². The van der Waals surface area contributed by atoms with Crippen molar-refractivity contribution >= 4 is 28.5 Å². The monoisotopic (exact) mass is 316 g/mol. The molecule has 0 bridgehead atoms. The third-order valence-electron chi connectivity index (χ3n) is 3.91. The third kappa shape index (κ3) is 3.69. The van der Waals surface area contributed by atoms with E-state index >= 15 is 0 Å². The van der Waals surface area contributed by atoms with Gasteiger partial charge in [0.15, 0.2) is 5.12 Å². The smallest absolute Gasteiger partial charge is 0.227 e. The molecular weight excluding hydrogens is 296 g/mol. The first kappa shape index (κ1) is 16.6. The van der Waals surface area contributed by atoms with Gasteiger partial charge >= 0.3 is 0 Å². The van der Waals surface area contributed by atoms with Crippen molar-refractivity contribution < 1.29 is 9.59 Å². The third-order valence-corrected chi connectivity index (χ3v) is 4.95. The maximum absolute atomic E-state index is 12.1. The van der Waals surface area contributed by atoms with E-state index in [9.17, 15) is 9.59 Å². The van der Waals surface area contributed by atoms with Gasteiger partial charge in [0.25, 0.3) is 0 Å². The number of benzene rings is 1. The lowest BCUT2D eigenvalue weighted by Gasteiger charge is -2.20. The van der Waals surface area contributed by atoms with Gasteiger partial charge < -0.3 is 4.90 Å². The second-order valence-corrected chi connectivity index (χ2v) is 7.36. The Morgan fingerprint density at radius 2 is 2.05 bits per heavy atom. The number of hydrogen-bond acceptors (Lipinski definition) is 4. The Kier molecular flexibility index (Phi) is 4.92. The Hall–Kier alpha value is -1.80. The van der Waals surface area contributed by atoms with Crippen LogP contribution >= 0.6 is 11.8 Å². The summed E-state index contributed by atoms with van der Waals surface area (Å²) in [5.74, 6) is 1.01. The fourth-order valence-corrected chi connectivity index (χ4v) is 3.19. The SMILES string of the molecule is CC(=O)SCC1CC(=O)N(c2ccc(C(C)(C)C#N)cc2)C1. The maximum Gasteiger partial charge on any atom is 0.227 e. The largest absolute Gasteiger partial charge is 0.312 e. The minimum atomic E-state index is -0.534. The Morgan fingerprint density at radius 3 is 2.59 bits per heavy atom. The molecule has 1 heterocycles. The molecule has 1 aromatic carbocycles. The van der Waals surface area contributed by atoms with Crippen molar-refractivity contribution in [2.45, 2.75) is 32.6 Å². The summed E-state index contributed by atoms with van der Waals surface area (Å²) in [6, 6.07) is 9.88. The molecule has 22 heavy (non-hydrogen) atoms. The molecule has 0 radical (unpaired) electrons. The first-order valence-electron chi connectivity index (χ1n) is 7.29. The molecule has 4 nitrogen and oxygen atoms in total. The predicted octanol–water partition coefficient (Wildman–Crippen LogP) is 3.12. The number of nitrogens with zero attached hydrogens (tertiary/aromatic N) is 2. The molecule has 1 aliphatic heterocycles. The summed E-state index contributed by atoms with van der Waals surface area (Å²) in [6.07, 6.45) is 0.492. The summed E-state index contributed by atoms with van der Waals surface area (Å²) in [7, 11) is 0. The molecule has 0 spiro atoms. The van der Waals surface area contributed by atoms with Crippen molar-refractivity contribution in [1.82, 2.24) is 0 Å². The summed E-state index contributed by atoms with van der Waals surface area (Å²) in [6.45, 7) is 5.95. The van der Waals surface area contributed by atoms with Gasteiger partial charge in [-0.05, 0) is 37.5 Å². The van der Waals surface area contributed by atoms with Crippen LogP contribution in [0.1, 0.15) is 32.8 Å². The molecule has 116 valence electrons. The minimum Gasteiger partial charge on any atom is -0.312 e. The molecule has 0 aliphatic carbocycles. The van der Waals surface area contributed by atoms with Crippen LogP contribution < -0.4 is 4.90 Å².